The van der Waals surface area contributed by atoms with Crippen LogP contribution in [0.5, 0.6) is 0 Å². The Bertz CT molecular complexity index is 408. The molecule has 0 bridgehead atoms. The molecule has 3 rings (SSSR count). The monoisotopic (exact) mass is 264 g/mol. The molecule has 1 aromatic heterocycles. The van der Waals surface area contributed by atoms with Crippen LogP contribution in [-0.4, -0.2) is 35.4 Å². The number of nitrogens with one attached hydrogen (secondary N) is 1. The van der Waals surface area contributed by atoms with Crippen LogP contribution in [0.2, 0.25) is 0 Å². The Morgan fingerprint density at radius 2 is 2.42 bits per heavy atom. The number of hydrogen-bond acceptors (Lipinski definition) is 6. The van der Waals surface area contributed by atoms with Gasteiger partial charge in [0.25, 0.3) is 0 Å². The van der Waals surface area contributed by atoms with Gasteiger partial charge in [0, 0.05) is 25.8 Å². The van der Waals surface area contributed by atoms with Crippen LogP contribution in [-0.2, 0) is 9.47 Å². The van der Waals surface area contributed by atoms with E-state index in [1.807, 2.05) is 6.07 Å². The number of nitrogens with zero attached hydrogens (tertiary/aromatic N) is 2. The first-order chi connectivity index (χ1) is 9.33. The van der Waals surface area contributed by atoms with E-state index in [0.717, 1.165) is 38.2 Å². The molecule has 0 aliphatic carbocycles. The zero-order chi connectivity index (χ0) is 13.1. The van der Waals surface area contributed by atoms with E-state index in [1.54, 1.807) is 12.5 Å². The van der Waals surface area contributed by atoms with Gasteiger partial charge in [-0.05, 0) is 24.8 Å². The summed E-state index contributed by atoms with van der Waals surface area (Å²) >= 11 is 0. The maximum absolute atomic E-state index is 5.96. The zero-order valence-corrected chi connectivity index (χ0v) is 10.9. The van der Waals surface area contributed by atoms with Crippen molar-refractivity contribution in [1.82, 2.24) is 15.4 Å². The first kappa shape index (κ1) is 12.9. The van der Waals surface area contributed by atoms with Gasteiger partial charge in [-0.1, -0.05) is 0 Å². The van der Waals surface area contributed by atoms with E-state index < -0.39 is 0 Å². The summed E-state index contributed by atoms with van der Waals surface area (Å²) in [5, 5.41) is 0. The molecule has 1 aromatic rings. The number of aromatic nitrogens is 2. The Morgan fingerprint density at radius 3 is 3.11 bits per heavy atom. The van der Waals surface area contributed by atoms with Gasteiger partial charge in [-0.2, -0.15) is 0 Å². The van der Waals surface area contributed by atoms with E-state index in [0.29, 0.717) is 12.5 Å². The highest BCUT2D eigenvalue weighted by molar-refractivity contribution is 5.08. The highest BCUT2D eigenvalue weighted by Crippen LogP contribution is 2.40. The minimum Gasteiger partial charge on any atom is -0.378 e. The second-order valence-corrected chi connectivity index (χ2v) is 5.37. The van der Waals surface area contributed by atoms with Crippen molar-refractivity contribution in [1.29, 1.82) is 0 Å². The van der Waals surface area contributed by atoms with E-state index in [-0.39, 0.29) is 11.6 Å². The van der Waals surface area contributed by atoms with Crippen LogP contribution < -0.4 is 11.3 Å². The normalized spacial score (nSPS) is 32.6. The molecule has 3 heterocycles. The molecule has 2 aliphatic heterocycles. The molecular weight excluding hydrogens is 244 g/mol. The van der Waals surface area contributed by atoms with Crippen LogP contribution in [0, 0.1) is 5.92 Å². The average Bonchev–Trinajstić information content (AvgIpc) is 2.89. The molecule has 1 spiro atoms. The Morgan fingerprint density at radius 1 is 1.47 bits per heavy atom. The minimum absolute atomic E-state index is 0.0457. The third-order valence-corrected chi connectivity index (χ3v) is 4.17. The van der Waals surface area contributed by atoms with Crippen molar-refractivity contribution in [2.75, 3.05) is 19.8 Å². The van der Waals surface area contributed by atoms with Crippen molar-refractivity contribution in [2.45, 2.75) is 30.9 Å². The standard InChI is InChI=1S/C13H20N4O2/c14-17-12(11-1-4-15-9-16-11)10-2-5-19-13(7-10)3-6-18-8-13/h1,4,9-10,12,17H,2-3,5-8,14H2. The van der Waals surface area contributed by atoms with Crippen LogP contribution in [0.3, 0.4) is 0 Å². The van der Waals surface area contributed by atoms with Crippen LogP contribution in [0.15, 0.2) is 18.6 Å². The van der Waals surface area contributed by atoms with Gasteiger partial charge in [0.05, 0.1) is 23.9 Å². The predicted octanol–water partition coefficient (Wildman–Crippen LogP) is 0.567. The van der Waals surface area contributed by atoms with Crippen molar-refractivity contribution in [2.24, 2.45) is 11.8 Å². The molecule has 19 heavy (non-hydrogen) atoms. The van der Waals surface area contributed by atoms with E-state index in [4.69, 9.17) is 15.3 Å². The lowest BCUT2D eigenvalue weighted by Crippen LogP contribution is -2.45. The summed E-state index contributed by atoms with van der Waals surface area (Å²) in [6, 6.07) is 1.96. The second kappa shape index (κ2) is 5.50. The number of hydrazine groups is 1. The molecule has 0 amide bonds. The summed E-state index contributed by atoms with van der Waals surface area (Å²) in [5.74, 6) is 6.15. The molecule has 104 valence electrons. The summed E-state index contributed by atoms with van der Waals surface area (Å²) in [7, 11) is 0. The number of nitrogens with two attached hydrogens (primary N) is 1. The molecule has 3 atom stereocenters. The quantitative estimate of drug-likeness (QED) is 0.613. The van der Waals surface area contributed by atoms with E-state index in [2.05, 4.69) is 15.4 Å². The zero-order valence-electron chi connectivity index (χ0n) is 10.9. The number of ether oxygens (including phenoxy) is 2. The Hall–Kier alpha value is -1.08. The van der Waals surface area contributed by atoms with Crippen LogP contribution >= 0.6 is 0 Å². The van der Waals surface area contributed by atoms with Crippen LogP contribution in [0.1, 0.15) is 31.0 Å². The average molecular weight is 264 g/mol. The number of rotatable bonds is 3. The molecule has 2 fully saturated rings. The van der Waals surface area contributed by atoms with E-state index >= 15 is 0 Å². The summed E-state index contributed by atoms with van der Waals surface area (Å²) in [4.78, 5) is 8.27. The molecule has 2 saturated heterocycles. The summed E-state index contributed by atoms with van der Waals surface area (Å²) in [6.07, 6.45) is 6.24. The Balaban J connectivity index is 1.76. The van der Waals surface area contributed by atoms with Crippen molar-refractivity contribution in [3.8, 4) is 0 Å². The first-order valence-electron chi connectivity index (χ1n) is 6.77. The van der Waals surface area contributed by atoms with Gasteiger partial charge in [-0.3, -0.25) is 11.3 Å². The Kier molecular flexibility index (Phi) is 3.74. The van der Waals surface area contributed by atoms with E-state index in [9.17, 15) is 0 Å². The Labute approximate surface area is 112 Å². The molecule has 6 nitrogen and oxygen atoms in total. The van der Waals surface area contributed by atoms with Gasteiger partial charge in [0.1, 0.15) is 6.33 Å². The lowest BCUT2D eigenvalue weighted by atomic mass is 9.80. The molecule has 0 radical (unpaired) electrons. The molecule has 0 saturated carbocycles. The van der Waals surface area contributed by atoms with Gasteiger partial charge in [-0.25, -0.2) is 9.97 Å². The van der Waals surface area contributed by atoms with Gasteiger partial charge in [-0.15, -0.1) is 0 Å². The van der Waals surface area contributed by atoms with Crippen molar-refractivity contribution in [3.63, 3.8) is 0 Å². The first-order valence-corrected chi connectivity index (χ1v) is 6.77. The molecule has 3 N–H and O–H groups in total. The fourth-order valence-electron chi connectivity index (χ4n) is 3.16. The fourth-order valence-corrected chi connectivity index (χ4v) is 3.16. The third kappa shape index (κ3) is 2.62. The largest absolute Gasteiger partial charge is 0.378 e. The van der Waals surface area contributed by atoms with Crippen LogP contribution in [0.25, 0.3) is 0 Å². The fraction of sp³-hybridized carbons (Fsp3) is 0.692. The molecule has 0 aromatic carbocycles. The molecule has 6 heteroatoms. The highest BCUT2D eigenvalue weighted by Gasteiger charge is 2.43. The molecule has 2 aliphatic rings. The van der Waals surface area contributed by atoms with Gasteiger partial charge in [0.2, 0.25) is 0 Å². The SMILES string of the molecule is NNC(c1ccncn1)C1CCOC2(CCOC2)C1. The third-order valence-electron chi connectivity index (χ3n) is 4.17. The van der Waals surface area contributed by atoms with Gasteiger partial charge in [0.15, 0.2) is 0 Å². The van der Waals surface area contributed by atoms with Gasteiger partial charge < -0.3 is 9.47 Å². The summed E-state index contributed by atoms with van der Waals surface area (Å²) < 4.78 is 11.5. The smallest absolute Gasteiger partial charge is 0.115 e. The van der Waals surface area contributed by atoms with E-state index in [1.165, 1.54) is 0 Å². The van der Waals surface area contributed by atoms with Crippen LogP contribution in [0.4, 0.5) is 0 Å². The molecule has 3 unspecified atom stereocenters. The number of hydrogen-bond donors (Lipinski definition) is 2. The highest BCUT2D eigenvalue weighted by atomic mass is 16.6. The minimum atomic E-state index is -0.106. The van der Waals surface area contributed by atoms with Gasteiger partial charge >= 0.3 is 0 Å². The molecular formula is C13H20N4O2. The van der Waals surface area contributed by atoms with Crippen molar-refractivity contribution < 1.29 is 9.47 Å². The lowest BCUT2D eigenvalue weighted by molar-refractivity contribution is -0.103. The maximum Gasteiger partial charge on any atom is 0.115 e. The topological polar surface area (TPSA) is 82.3 Å². The van der Waals surface area contributed by atoms with Crippen molar-refractivity contribution in [3.05, 3.63) is 24.3 Å². The maximum atomic E-state index is 5.96. The summed E-state index contributed by atoms with van der Waals surface area (Å²) in [6.45, 7) is 2.25. The predicted molar refractivity (Wildman–Crippen MR) is 68.9 cm³/mol. The second-order valence-electron chi connectivity index (χ2n) is 5.37. The van der Waals surface area contributed by atoms with Crippen molar-refractivity contribution >= 4 is 0 Å². The summed E-state index contributed by atoms with van der Waals surface area (Å²) in [5.41, 5.74) is 3.74. The lowest BCUT2D eigenvalue weighted by Gasteiger charge is -2.40.